The predicted molar refractivity (Wildman–Crippen MR) is 81.7 cm³/mol. The molecular formula is C14H24N2O4S. The molecule has 0 radical (unpaired) electrons. The molecule has 0 atom stereocenters. The summed E-state index contributed by atoms with van der Waals surface area (Å²) in [6.45, 7) is 1.93. The molecule has 0 spiro atoms. The first-order valence-corrected chi connectivity index (χ1v) is 8.21. The first-order chi connectivity index (χ1) is 10.1. The van der Waals surface area contributed by atoms with Gasteiger partial charge in [-0.05, 0) is 24.7 Å². The smallest absolute Gasteiger partial charge is 0.243 e. The molecule has 0 saturated heterocycles. The Labute approximate surface area is 127 Å². The van der Waals surface area contributed by atoms with Crippen LogP contribution in [0.5, 0.6) is 0 Å². The van der Waals surface area contributed by atoms with Crippen molar-refractivity contribution >= 4 is 10.0 Å². The van der Waals surface area contributed by atoms with Crippen molar-refractivity contribution in [3.63, 3.8) is 0 Å². The van der Waals surface area contributed by atoms with Crippen molar-refractivity contribution in [3.8, 4) is 0 Å². The quantitative estimate of drug-likeness (QED) is 0.688. The van der Waals surface area contributed by atoms with Crippen LogP contribution >= 0.6 is 0 Å². The second-order valence-corrected chi connectivity index (χ2v) is 6.51. The number of methoxy groups -OCH3 is 2. The van der Waals surface area contributed by atoms with Crippen molar-refractivity contribution in [1.29, 1.82) is 0 Å². The maximum Gasteiger partial charge on any atom is 0.243 e. The van der Waals surface area contributed by atoms with E-state index in [0.29, 0.717) is 37.7 Å². The third-order valence-electron chi connectivity index (χ3n) is 3.01. The fourth-order valence-corrected chi connectivity index (χ4v) is 3.39. The average molecular weight is 316 g/mol. The summed E-state index contributed by atoms with van der Waals surface area (Å²) in [5.41, 5.74) is 0.928. The molecule has 0 aliphatic carbocycles. The topological polar surface area (TPSA) is 67.9 Å². The van der Waals surface area contributed by atoms with Gasteiger partial charge in [0.25, 0.3) is 0 Å². The SMILES string of the molecule is CNCc1cccc(S(=O)(=O)N(CCOC)CCOC)c1. The van der Waals surface area contributed by atoms with Gasteiger partial charge in [0.1, 0.15) is 0 Å². The molecule has 0 saturated carbocycles. The Morgan fingerprint density at radius 2 is 1.76 bits per heavy atom. The van der Waals surface area contributed by atoms with E-state index in [9.17, 15) is 8.42 Å². The van der Waals surface area contributed by atoms with Crippen molar-refractivity contribution in [2.75, 3.05) is 47.6 Å². The first kappa shape index (κ1) is 18.1. The van der Waals surface area contributed by atoms with Crippen LogP contribution in [-0.4, -0.2) is 60.3 Å². The minimum absolute atomic E-state index is 0.294. The summed E-state index contributed by atoms with van der Waals surface area (Å²) in [4.78, 5) is 0.294. The average Bonchev–Trinajstić information content (AvgIpc) is 2.48. The Morgan fingerprint density at radius 3 is 2.29 bits per heavy atom. The van der Waals surface area contributed by atoms with E-state index < -0.39 is 10.0 Å². The molecule has 21 heavy (non-hydrogen) atoms. The number of hydrogen-bond acceptors (Lipinski definition) is 5. The van der Waals surface area contributed by atoms with Crippen molar-refractivity contribution in [1.82, 2.24) is 9.62 Å². The van der Waals surface area contributed by atoms with Crippen LogP contribution in [0.2, 0.25) is 0 Å². The molecule has 0 unspecified atom stereocenters. The van der Waals surface area contributed by atoms with E-state index in [-0.39, 0.29) is 0 Å². The number of ether oxygens (including phenoxy) is 2. The zero-order valence-electron chi connectivity index (χ0n) is 12.8. The van der Waals surface area contributed by atoms with E-state index in [1.54, 1.807) is 32.4 Å². The summed E-state index contributed by atoms with van der Waals surface area (Å²) >= 11 is 0. The second-order valence-electron chi connectivity index (χ2n) is 4.57. The standard InChI is InChI=1S/C14H24N2O4S/c1-15-12-13-5-4-6-14(11-13)21(17,18)16(7-9-19-2)8-10-20-3/h4-6,11,15H,7-10,12H2,1-3H3. The third kappa shape index (κ3) is 5.37. The number of nitrogens with zero attached hydrogens (tertiary/aromatic N) is 1. The lowest BCUT2D eigenvalue weighted by molar-refractivity contribution is 0.150. The van der Waals surface area contributed by atoms with Crippen LogP contribution in [0.4, 0.5) is 0 Å². The monoisotopic (exact) mass is 316 g/mol. The van der Waals surface area contributed by atoms with E-state index in [4.69, 9.17) is 9.47 Å². The van der Waals surface area contributed by atoms with E-state index in [0.717, 1.165) is 5.56 Å². The van der Waals surface area contributed by atoms with Crippen molar-refractivity contribution < 1.29 is 17.9 Å². The molecule has 6 nitrogen and oxygen atoms in total. The zero-order valence-corrected chi connectivity index (χ0v) is 13.6. The number of nitrogens with one attached hydrogen (secondary N) is 1. The maximum absolute atomic E-state index is 12.7. The maximum atomic E-state index is 12.7. The summed E-state index contributed by atoms with van der Waals surface area (Å²) in [7, 11) is 1.38. The van der Waals surface area contributed by atoms with Gasteiger partial charge >= 0.3 is 0 Å². The van der Waals surface area contributed by atoms with Gasteiger partial charge in [0.15, 0.2) is 0 Å². The molecule has 0 aromatic heterocycles. The van der Waals surface area contributed by atoms with Gasteiger partial charge in [-0.25, -0.2) is 8.42 Å². The third-order valence-corrected chi connectivity index (χ3v) is 4.90. The lowest BCUT2D eigenvalue weighted by Crippen LogP contribution is -2.36. The van der Waals surface area contributed by atoms with Crippen molar-refractivity contribution in [2.45, 2.75) is 11.4 Å². The van der Waals surface area contributed by atoms with E-state index in [1.807, 2.05) is 13.1 Å². The van der Waals surface area contributed by atoms with Crippen LogP contribution in [-0.2, 0) is 26.0 Å². The Hall–Kier alpha value is -0.990. The van der Waals surface area contributed by atoms with Gasteiger partial charge in [-0.3, -0.25) is 0 Å². The zero-order chi connectivity index (χ0) is 15.7. The largest absolute Gasteiger partial charge is 0.383 e. The summed E-state index contributed by atoms with van der Waals surface area (Å²) in [5, 5.41) is 3.01. The molecule has 7 heteroatoms. The molecule has 1 rings (SSSR count). The van der Waals surface area contributed by atoms with Crippen LogP contribution in [0.25, 0.3) is 0 Å². The molecule has 1 aromatic rings. The molecule has 0 amide bonds. The highest BCUT2D eigenvalue weighted by atomic mass is 32.2. The minimum Gasteiger partial charge on any atom is -0.383 e. The summed E-state index contributed by atoms with van der Waals surface area (Å²) in [5.74, 6) is 0. The number of sulfonamides is 1. The fourth-order valence-electron chi connectivity index (χ4n) is 1.91. The molecular weight excluding hydrogens is 292 g/mol. The highest BCUT2D eigenvalue weighted by molar-refractivity contribution is 7.89. The Morgan fingerprint density at radius 1 is 1.14 bits per heavy atom. The van der Waals surface area contributed by atoms with Crippen LogP contribution in [0.3, 0.4) is 0 Å². The Balaban J connectivity index is 3.00. The molecule has 0 heterocycles. The predicted octanol–water partition coefficient (Wildman–Crippen LogP) is 0.690. The lowest BCUT2D eigenvalue weighted by atomic mass is 10.2. The minimum atomic E-state index is -3.54. The van der Waals surface area contributed by atoms with Gasteiger partial charge < -0.3 is 14.8 Å². The highest BCUT2D eigenvalue weighted by Gasteiger charge is 2.24. The normalized spacial score (nSPS) is 12.0. The van der Waals surface area contributed by atoms with E-state index in [1.165, 1.54) is 4.31 Å². The number of rotatable bonds is 10. The van der Waals surface area contributed by atoms with Crippen LogP contribution in [0, 0.1) is 0 Å². The second kappa shape index (κ2) is 9.11. The Kier molecular flexibility index (Phi) is 7.84. The summed E-state index contributed by atoms with van der Waals surface area (Å²) in [6.07, 6.45) is 0. The lowest BCUT2D eigenvalue weighted by Gasteiger charge is -2.21. The molecule has 0 aliphatic rings. The van der Waals surface area contributed by atoms with Gasteiger partial charge in [0.05, 0.1) is 18.1 Å². The molecule has 0 bridgehead atoms. The van der Waals surface area contributed by atoms with Gasteiger partial charge in [-0.2, -0.15) is 4.31 Å². The molecule has 1 aromatic carbocycles. The molecule has 0 fully saturated rings. The van der Waals surface area contributed by atoms with Crippen molar-refractivity contribution in [3.05, 3.63) is 29.8 Å². The van der Waals surface area contributed by atoms with E-state index in [2.05, 4.69) is 5.32 Å². The first-order valence-electron chi connectivity index (χ1n) is 6.77. The van der Waals surface area contributed by atoms with Gasteiger partial charge in [0.2, 0.25) is 10.0 Å². The van der Waals surface area contributed by atoms with Gasteiger partial charge in [-0.1, -0.05) is 12.1 Å². The van der Waals surface area contributed by atoms with Crippen molar-refractivity contribution in [2.24, 2.45) is 0 Å². The van der Waals surface area contributed by atoms with Gasteiger partial charge in [-0.15, -0.1) is 0 Å². The van der Waals surface area contributed by atoms with Crippen LogP contribution in [0.1, 0.15) is 5.56 Å². The number of hydrogen-bond donors (Lipinski definition) is 1. The summed E-state index contributed by atoms with van der Waals surface area (Å²) < 4.78 is 36.8. The highest BCUT2D eigenvalue weighted by Crippen LogP contribution is 2.17. The van der Waals surface area contributed by atoms with Crippen LogP contribution < -0.4 is 5.32 Å². The fraction of sp³-hybridized carbons (Fsp3) is 0.571. The van der Waals surface area contributed by atoms with Gasteiger partial charge in [0, 0.05) is 33.9 Å². The summed E-state index contributed by atoms with van der Waals surface area (Å²) in [6, 6.07) is 6.95. The molecule has 0 aliphatic heterocycles. The van der Waals surface area contributed by atoms with E-state index >= 15 is 0 Å². The number of benzene rings is 1. The van der Waals surface area contributed by atoms with Crippen LogP contribution in [0.15, 0.2) is 29.2 Å². The molecule has 1 N–H and O–H groups in total. The molecule has 120 valence electrons. The Bertz CT molecular complexity index is 511.